The number of carboxylic acid groups (broad SMARTS) is 1. The molecule has 0 aromatic carbocycles. The summed E-state index contributed by atoms with van der Waals surface area (Å²) in [5, 5.41) is 12.9. The predicted octanol–water partition coefficient (Wildman–Crippen LogP) is 2.27. The van der Waals surface area contributed by atoms with E-state index in [0.717, 1.165) is 37.2 Å². The summed E-state index contributed by atoms with van der Waals surface area (Å²) in [5.74, 6) is -0.717. The van der Waals surface area contributed by atoms with Crippen molar-refractivity contribution >= 4 is 5.97 Å². The Balaban J connectivity index is 1.94. The molecule has 1 unspecified atom stereocenters. The highest BCUT2D eigenvalue weighted by Gasteiger charge is 2.40. The molecule has 1 aromatic rings. The molecule has 1 aliphatic carbocycles. The summed E-state index contributed by atoms with van der Waals surface area (Å²) in [5.41, 5.74) is 1.45. The van der Waals surface area contributed by atoms with Gasteiger partial charge in [0.25, 0.3) is 0 Å². The first-order chi connectivity index (χ1) is 9.48. The summed E-state index contributed by atoms with van der Waals surface area (Å²) in [7, 11) is 0. The van der Waals surface area contributed by atoms with Gasteiger partial charge in [-0.05, 0) is 46.0 Å². The van der Waals surface area contributed by atoms with Gasteiger partial charge in [-0.15, -0.1) is 0 Å². The topological polar surface area (TPSA) is 67.2 Å². The minimum atomic E-state index is -0.759. The second kappa shape index (κ2) is 5.95. The monoisotopic (exact) mass is 279 g/mol. The van der Waals surface area contributed by atoms with Crippen LogP contribution < -0.4 is 5.32 Å². The number of rotatable bonds is 8. The standard InChI is InChI=1S/C15H25N3O2/c1-4-15(14(19)20,17-13-6-7-13)8-5-9-18-10-16-11(2)12(18)3/h10,13,17H,4-9H2,1-3H3,(H,19,20). The molecule has 0 amide bonds. The number of aryl methyl sites for hydroxylation is 2. The quantitative estimate of drug-likeness (QED) is 0.766. The van der Waals surface area contributed by atoms with Gasteiger partial charge >= 0.3 is 5.97 Å². The molecular formula is C15H25N3O2. The molecule has 5 heteroatoms. The largest absolute Gasteiger partial charge is 0.480 e. The fourth-order valence-electron chi connectivity index (χ4n) is 2.61. The molecule has 5 nitrogen and oxygen atoms in total. The average molecular weight is 279 g/mol. The van der Waals surface area contributed by atoms with Gasteiger partial charge in [-0.25, -0.2) is 4.98 Å². The number of carboxylic acids is 1. The lowest BCUT2D eigenvalue weighted by Crippen LogP contribution is -2.52. The Hall–Kier alpha value is -1.36. The van der Waals surface area contributed by atoms with Crippen molar-refractivity contribution in [3.8, 4) is 0 Å². The van der Waals surface area contributed by atoms with Gasteiger partial charge in [-0.3, -0.25) is 10.1 Å². The van der Waals surface area contributed by atoms with Crippen LogP contribution in [0.4, 0.5) is 0 Å². The number of aromatic nitrogens is 2. The van der Waals surface area contributed by atoms with Crippen molar-refractivity contribution in [1.82, 2.24) is 14.9 Å². The van der Waals surface area contributed by atoms with Crippen LogP contribution >= 0.6 is 0 Å². The van der Waals surface area contributed by atoms with E-state index in [1.165, 1.54) is 0 Å². The van der Waals surface area contributed by atoms with E-state index in [1.807, 2.05) is 20.2 Å². The molecule has 1 heterocycles. The maximum atomic E-state index is 11.6. The summed E-state index contributed by atoms with van der Waals surface area (Å²) in [6, 6.07) is 0.406. The van der Waals surface area contributed by atoms with Crippen LogP contribution in [0.25, 0.3) is 0 Å². The Morgan fingerprint density at radius 1 is 1.55 bits per heavy atom. The van der Waals surface area contributed by atoms with E-state index in [1.54, 1.807) is 0 Å². The molecule has 1 aliphatic rings. The van der Waals surface area contributed by atoms with Crippen LogP contribution in [0, 0.1) is 13.8 Å². The molecule has 0 radical (unpaired) electrons. The Morgan fingerprint density at radius 2 is 2.25 bits per heavy atom. The van der Waals surface area contributed by atoms with Crippen molar-refractivity contribution in [2.24, 2.45) is 0 Å². The van der Waals surface area contributed by atoms with Gasteiger partial charge in [0.1, 0.15) is 5.54 Å². The smallest absolute Gasteiger partial charge is 0.323 e. The van der Waals surface area contributed by atoms with E-state index in [4.69, 9.17) is 0 Å². The van der Waals surface area contributed by atoms with Crippen LogP contribution in [-0.4, -0.2) is 32.2 Å². The van der Waals surface area contributed by atoms with Crippen LogP contribution in [0.1, 0.15) is 50.4 Å². The van der Waals surface area contributed by atoms with Gasteiger partial charge in [0.05, 0.1) is 12.0 Å². The Morgan fingerprint density at radius 3 is 2.70 bits per heavy atom. The summed E-state index contributed by atoms with van der Waals surface area (Å²) in [6.45, 7) is 6.83. The van der Waals surface area contributed by atoms with Crippen LogP contribution in [0.2, 0.25) is 0 Å². The first-order valence-electron chi connectivity index (χ1n) is 7.48. The van der Waals surface area contributed by atoms with Crippen molar-refractivity contribution in [3.05, 3.63) is 17.7 Å². The first kappa shape index (κ1) is 15.0. The molecule has 20 heavy (non-hydrogen) atoms. The zero-order chi connectivity index (χ0) is 14.8. The van der Waals surface area contributed by atoms with E-state index >= 15 is 0 Å². The molecule has 2 N–H and O–H groups in total. The van der Waals surface area contributed by atoms with Crippen LogP contribution in [0.15, 0.2) is 6.33 Å². The minimum absolute atomic E-state index is 0.406. The summed E-state index contributed by atoms with van der Waals surface area (Å²) < 4.78 is 2.11. The maximum Gasteiger partial charge on any atom is 0.323 e. The van der Waals surface area contributed by atoms with Crippen molar-refractivity contribution in [2.75, 3.05) is 0 Å². The first-order valence-corrected chi connectivity index (χ1v) is 7.48. The zero-order valence-corrected chi connectivity index (χ0v) is 12.6. The number of nitrogens with zero attached hydrogens (tertiary/aromatic N) is 2. The minimum Gasteiger partial charge on any atom is -0.480 e. The molecule has 1 atom stereocenters. The molecule has 1 aromatic heterocycles. The molecule has 2 rings (SSSR count). The van der Waals surface area contributed by atoms with Gasteiger partial charge in [-0.2, -0.15) is 0 Å². The molecule has 1 saturated carbocycles. The molecule has 0 spiro atoms. The predicted molar refractivity (Wildman–Crippen MR) is 77.8 cm³/mol. The summed E-state index contributed by atoms with van der Waals surface area (Å²) >= 11 is 0. The second-order valence-corrected chi connectivity index (χ2v) is 5.87. The highest BCUT2D eigenvalue weighted by atomic mass is 16.4. The van der Waals surface area contributed by atoms with Crippen molar-refractivity contribution in [3.63, 3.8) is 0 Å². The number of nitrogens with one attached hydrogen (secondary N) is 1. The Labute approximate surface area is 120 Å². The second-order valence-electron chi connectivity index (χ2n) is 5.87. The highest BCUT2D eigenvalue weighted by Crippen LogP contribution is 2.27. The van der Waals surface area contributed by atoms with E-state index in [2.05, 4.69) is 21.8 Å². The molecule has 0 aliphatic heterocycles. The van der Waals surface area contributed by atoms with Gasteiger partial charge in [0.15, 0.2) is 0 Å². The Kier molecular flexibility index (Phi) is 4.48. The van der Waals surface area contributed by atoms with Gasteiger partial charge in [0, 0.05) is 18.3 Å². The van der Waals surface area contributed by atoms with Gasteiger partial charge in [0.2, 0.25) is 0 Å². The lowest BCUT2D eigenvalue weighted by Gasteiger charge is -2.30. The number of aliphatic carboxylic acids is 1. The van der Waals surface area contributed by atoms with E-state index in [9.17, 15) is 9.90 Å². The number of carbonyl (C=O) groups is 1. The third-order valence-corrected chi connectivity index (χ3v) is 4.42. The molecule has 0 bridgehead atoms. The Bertz CT molecular complexity index is 479. The lowest BCUT2D eigenvalue weighted by atomic mass is 9.90. The zero-order valence-electron chi connectivity index (χ0n) is 12.6. The third-order valence-electron chi connectivity index (χ3n) is 4.42. The van der Waals surface area contributed by atoms with Gasteiger partial charge < -0.3 is 9.67 Å². The highest BCUT2D eigenvalue weighted by molar-refractivity contribution is 5.78. The summed E-state index contributed by atoms with van der Waals surface area (Å²) in [4.78, 5) is 15.9. The fourth-order valence-corrected chi connectivity index (χ4v) is 2.61. The number of hydrogen-bond acceptors (Lipinski definition) is 3. The third kappa shape index (κ3) is 3.20. The molecule has 112 valence electrons. The van der Waals surface area contributed by atoms with Crippen LogP contribution in [0.3, 0.4) is 0 Å². The SMILES string of the molecule is CCC(CCCn1cnc(C)c1C)(NC1CC1)C(=O)O. The van der Waals surface area contributed by atoms with Crippen molar-refractivity contribution in [2.45, 2.75) is 71.0 Å². The number of imidazole rings is 1. The van der Waals surface area contributed by atoms with Crippen LogP contribution in [0.5, 0.6) is 0 Å². The number of hydrogen-bond donors (Lipinski definition) is 2. The fraction of sp³-hybridized carbons (Fsp3) is 0.733. The van der Waals surface area contributed by atoms with Gasteiger partial charge in [-0.1, -0.05) is 6.92 Å². The summed E-state index contributed by atoms with van der Waals surface area (Å²) in [6.07, 6.45) is 6.18. The van der Waals surface area contributed by atoms with E-state index in [-0.39, 0.29) is 0 Å². The molecular weight excluding hydrogens is 254 g/mol. The lowest BCUT2D eigenvalue weighted by molar-refractivity contribution is -0.145. The maximum absolute atomic E-state index is 11.6. The van der Waals surface area contributed by atoms with Crippen molar-refractivity contribution < 1.29 is 9.90 Å². The van der Waals surface area contributed by atoms with Crippen molar-refractivity contribution in [1.29, 1.82) is 0 Å². The molecule has 1 fully saturated rings. The average Bonchev–Trinajstić information content (AvgIpc) is 3.18. The van der Waals surface area contributed by atoms with Crippen LogP contribution in [-0.2, 0) is 11.3 Å². The molecule has 0 saturated heterocycles. The van der Waals surface area contributed by atoms with E-state index in [0.29, 0.717) is 18.9 Å². The van der Waals surface area contributed by atoms with E-state index < -0.39 is 11.5 Å². The normalized spacial score (nSPS) is 17.9.